The third-order valence-corrected chi connectivity index (χ3v) is 2.43. The van der Waals surface area contributed by atoms with Gasteiger partial charge in [-0.05, 0) is 12.1 Å². The van der Waals surface area contributed by atoms with Crippen molar-refractivity contribution in [1.82, 2.24) is 10.2 Å². The number of amides is 1. The molecule has 0 saturated carbocycles. The zero-order valence-electron chi connectivity index (χ0n) is 9.88. The van der Waals surface area contributed by atoms with Gasteiger partial charge in [0, 0.05) is 13.1 Å². The molecule has 0 radical (unpaired) electrons. The van der Waals surface area contributed by atoms with Crippen LogP contribution < -0.4 is 0 Å². The highest BCUT2D eigenvalue weighted by molar-refractivity contribution is 5.92. The van der Waals surface area contributed by atoms with Gasteiger partial charge in [0.15, 0.2) is 11.5 Å². The van der Waals surface area contributed by atoms with E-state index in [1.807, 2.05) is 0 Å². The number of hydrogen-bond donors (Lipinski definition) is 0. The van der Waals surface area contributed by atoms with Crippen molar-refractivity contribution >= 4 is 5.91 Å². The monoisotopic (exact) mass is 250 g/mol. The quantitative estimate of drug-likeness (QED) is 0.783. The average molecular weight is 250 g/mol. The Morgan fingerprint density at radius 1 is 1.44 bits per heavy atom. The zero-order chi connectivity index (χ0) is 13.1. The molecule has 0 bridgehead atoms. The van der Waals surface area contributed by atoms with Gasteiger partial charge in [0.2, 0.25) is 0 Å². The van der Waals surface area contributed by atoms with Crippen LogP contribution in [0.5, 0.6) is 0 Å². The summed E-state index contributed by atoms with van der Waals surface area (Å²) in [5.41, 5.74) is 0.307. The van der Waals surface area contributed by atoms with Gasteiger partial charge in [0.1, 0.15) is 5.82 Å². The molecule has 2 aromatic rings. The lowest BCUT2D eigenvalue weighted by Gasteiger charge is -2.10. The SMILES string of the molecule is CON(C)C(=O)c1cc(-c2ccccc2F)on1. The van der Waals surface area contributed by atoms with Crippen LogP contribution in [0.3, 0.4) is 0 Å². The summed E-state index contributed by atoms with van der Waals surface area (Å²) >= 11 is 0. The second-order valence-electron chi connectivity index (χ2n) is 3.54. The molecule has 0 unspecified atom stereocenters. The van der Waals surface area contributed by atoms with Crippen molar-refractivity contribution in [3.63, 3.8) is 0 Å². The van der Waals surface area contributed by atoms with Crippen LogP contribution in [0, 0.1) is 5.82 Å². The lowest BCUT2D eigenvalue weighted by atomic mass is 10.1. The maximum atomic E-state index is 13.5. The van der Waals surface area contributed by atoms with Crippen molar-refractivity contribution in [2.24, 2.45) is 0 Å². The van der Waals surface area contributed by atoms with Crippen LogP contribution in [-0.2, 0) is 4.84 Å². The molecule has 0 spiro atoms. The maximum Gasteiger partial charge on any atom is 0.299 e. The zero-order valence-corrected chi connectivity index (χ0v) is 9.88. The summed E-state index contributed by atoms with van der Waals surface area (Å²) in [5, 5.41) is 4.59. The van der Waals surface area contributed by atoms with Gasteiger partial charge in [-0.2, -0.15) is 0 Å². The summed E-state index contributed by atoms with van der Waals surface area (Å²) in [7, 11) is 2.80. The standard InChI is InChI=1S/C12H11FN2O3/c1-15(17-2)12(16)10-7-11(18-14-10)8-5-3-4-6-9(8)13/h3-7H,1-2H3. The first-order valence-electron chi connectivity index (χ1n) is 5.17. The first kappa shape index (κ1) is 12.3. The van der Waals surface area contributed by atoms with E-state index in [1.54, 1.807) is 18.2 Å². The molecule has 2 rings (SSSR count). The van der Waals surface area contributed by atoms with Gasteiger partial charge >= 0.3 is 0 Å². The highest BCUT2D eigenvalue weighted by Crippen LogP contribution is 2.23. The molecule has 5 nitrogen and oxygen atoms in total. The first-order valence-corrected chi connectivity index (χ1v) is 5.17. The predicted octanol–water partition coefficient (Wildman–Crippen LogP) is 2.11. The molecule has 1 aromatic carbocycles. The highest BCUT2D eigenvalue weighted by atomic mass is 19.1. The van der Waals surface area contributed by atoms with Crippen molar-refractivity contribution in [2.75, 3.05) is 14.2 Å². The van der Waals surface area contributed by atoms with E-state index in [0.717, 1.165) is 5.06 Å². The van der Waals surface area contributed by atoms with E-state index in [0.29, 0.717) is 0 Å². The molecule has 1 heterocycles. The predicted molar refractivity (Wildman–Crippen MR) is 61.0 cm³/mol. The molecular weight excluding hydrogens is 239 g/mol. The molecule has 0 aliphatic carbocycles. The number of hydroxylamine groups is 2. The first-order chi connectivity index (χ1) is 8.63. The number of rotatable bonds is 3. The van der Waals surface area contributed by atoms with E-state index < -0.39 is 11.7 Å². The van der Waals surface area contributed by atoms with Crippen LogP contribution in [0.25, 0.3) is 11.3 Å². The van der Waals surface area contributed by atoms with Crippen molar-refractivity contribution < 1.29 is 18.5 Å². The largest absolute Gasteiger partial charge is 0.355 e. The summed E-state index contributed by atoms with van der Waals surface area (Å²) in [6.45, 7) is 0. The Bertz CT molecular complexity index is 568. The molecule has 0 aliphatic rings. The summed E-state index contributed by atoms with van der Waals surface area (Å²) in [4.78, 5) is 16.4. The van der Waals surface area contributed by atoms with Gasteiger partial charge in [-0.15, -0.1) is 0 Å². The van der Waals surface area contributed by atoms with Gasteiger partial charge in [-0.25, -0.2) is 9.45 Å². The van der Waals surface area contributed by atoms with E-state index in [2.05, 4.69) is 5.16 Å². The number of benzene rings is 1. The van der Waals surface area contributed by atoms with Crippen LogP contribution in [0.2, 0.25) is 0 Å². The topological polar surface area (TPSA) is 55.6 Å². The minimum Gasteiger partial charge on any atom is -0.355 e. The van der Waals surface area contributed by atoms with E-state index in [9.17, 15) is 9.18 Å². The van der Waals surface area contributed by atoms with Crippen molar-refractivity contribution in [1.29, 1.82) is 0 Å². The Morgan fingerprint density at radius 2 is 2.17 bits per heavy atom. The second kappa shape index (κ2) is 4.97. The number of carbonyl (C=O) groups excluding carboxylic acids is 1. The highest BCUT2D eigenvalue weighted by Gasteiger charge is 2.18. The van der Waals surface area contributed by atoms with Gasteiger partial charge in [-0.1, -0.05) is 17.3 Å². The molecule has 94 valence electrons. The third kappa shape index (κ3) is 2.23. The van der Waals surface area contributed by atoms with E-state index in [1.165, 1.54) is 26.3 Å². The van der Waals surface area contributed by atoms with Gasteiger partial charge in [0.25, 0.3) is 5.91 Å². The van der Waals surface area contributed by atoms with E-state index in [-0.39, 0.29) is 17.0 Å². The fourth-order valence-electron chi connectivity index (χ4n) is 1.41. The molecule has 18 heavy (non-hydrogen) atoms. The van der Waals surface area contributed by atoms with Gasteiger partial charge < -0.3 is 4.52 Å². The van der Waals surface area contributed by atoms with Crippen LogP contribution in [0.4, 0.5) is 4.39 Å². The number of carbonyl (C=O) groups is 1. The number of hydrogen-bond acceptors (Lipinski definition) is 4. The third-order valence-electron chi connectivity index (χ3n) is 2.43. The Labute approximate surface area is 103 Å². The Kier molecular flexibility index (Phi) is 3.38. The smallest absolute Gasteiger partial charge is 0.299 e. The lowest BCUT2D eigenvalue weighted by molar-refractivity contribution is -0.0762. The molecular formula is C12H11FN2O3. The van der Waals surface area contributed by atoms with Gasteiger partial charge in [-0.3, -0.25) is 9.63 Å². The summed E-state index contributed by atoms with van der Waals surface area (Å²) in [6.07, 6.45) is 0. The Hall–Kier alpha value is -2.21. The van der Waals surface area contributed by atoms with Crippen molar-refractivity contribution in [3.05, 3.63) is 41.8 Å². The fourth-order valence-corrected chi connectivity index (χ4v) is 1.41. The molecule has 1 aromatic heterocycles. The van der Waals surface area contributed by atoms with Crippen LogP contribution in [0.15, 0.2) is 34.9 Å². The average Bonchev–Trinajstić information content (AvgIpc) is 2.87. The Morgan fingerprint density at radius 3 is 2.83 bits per heavy atom. The molecule has 0 N–H and O–H groups in total. The van der Waals surface area contributed by atoms with Crippen LogP contribution >= 0.6 is 0 Å². The number of aromatic nitrogens is 1. The molecule has 0 saturated heterocycles. The van der Waals surface area contributed by atoms with E-state index in [4.69, 9.17) is 9.36 Å². The maximum absolute atomic E-state index is 13.5. The molecule has 0 aliphatic heterocycles. The van der Waals surface area contributed by atoms with Gasteiger partial charge in [0.05, 0.1) is 12.7 Å². The minimum atomic E-state index is -0.469. The van der Waals surface area contributed by atoms with Crippen molar-refractivity contribution in [2.45, 2.75) is 0 Å². The molecule has 0 fully saturated rings. The molecule has 6 heteroatoms. The molecule has 1 amide bonds. The number of halogens is 1. The minimum absolute atomic E-state index is 0.0533. The molecule has 0 atom stereocenters. The van der Waals surface area contributed by atoms with Crippen molar-refractivity contribution in [3.8, 4) is 11.3 Å². The lowest BCUT2D eigenvalue weighted by Crippen LogP contribution is -2.25. The summed E-state index contributed by atoms with van der Waals surface area (Å²) in [6, 6.07) is 7.46. The summed E-state index contributed by atoms with van der Waals surface area (Å²) < 4.78 is 18.5. The second-order valence-corrected chi connectivity index (χ2v) is 3.54. The van der Waals surface area contributed by atoms with Crippen LogP contribution in [-0.4, -0.2) is 30.3 Å². The van der Waals surface area contributed by atoms with E-state index >= 15 is 0 Å². The van der Waals surface area contributed by atoms with Crippen LogP contribution in [0.1, 0.15) is 10.5 Å². The summed E-state index contributed by atoms with van der Waals surface area (Å²) in [5.74, 6) is -0.711. The normalized spacial score (nSPS) is 10.4. The Balaban J connectivity index is 2.32. The fraction of sp³-hybridized carbons (Fsp3) is 0.167. The number of nitrogens with zero attached hydrogens (tertiary/aromatic N) is 2.